The molecule has 0 atom stereocenters. The second-order valence-corrected chi connectivity index (χ2v) is 7.31. The zero-order valence-corrected chi connectivity index (χ0v) is 14.2. The lowest BCUT2D eigenvalue weighted by Gasteiger charge is -2.23. The summed E-state index contributed by atoms with van der Waals surface area (Å²) in [5, 5.41) is 3.04. The summed E-state index contributed by atoms with van der Waals surface area (Å²) in [6.45, 7) is 6.46. The van der Waals surface area contributed by atoms with E-state index in [1.165, 1.54) is 5.56 Å². The van der Waals surface area contributed by atoms with Gasteiger partial charge in [0.15, 0.2) is 0 Å². The lowest BCUT2D eigenvalue weighted by molar-refractivity contribution is -0.113. The minimum atomic E-state index is 0.0149. The monoisotopic (exact) mass is 313 g/mol. The molecular formula is C19H23NOS. The van der Waals surface area contributed by atoms with E-state index in [0.717, 1.165) is 17.0 Å². The van der Waals surface area contributed by atoms with Gasteiger partial charge in [-0.25, -0.2) is 0 Å². The van der Waals surface area contributed by atoms with E-state index in [9.17, 15) is 4.79 Å². The molecule has 116 valence electrons. The van der Waals surface area contributed by atoms with Crippen LogP contribution in [0.5, 0.6) is 0 Å². The zero-order valence-electron chi connectivity index (χ0n) is 13.4. The number of para-hydroxylation sites is 1. The van der Waals surface area contributed by atoms with Crippen LogP contribution in [0.25, 0.3) is 0 Å². The van der Waals surface area contributed by atoms with Crippen molar-refractivity contribution in [2.24, 2.45) is 0 Å². The number of amides is 1. The molecule has 2 aromatic rings. The Morgan fingerprint density at radius 1 is 1.00 bits per heavy atom. The van der Waals surface area contributed by atoms with E-state index in [0.29, 0.717) is 5.75 Å². The molecule has 1 N–H and O–H groups in total. The number of rotatable bonds is 5. The van der Waals surface area contributed by atoms with Crippen LogP contribution in [0, 0.1) is 0 Å². The lowest BCUT2D eigenvalue weighted by Crippen LogP contribution is -2.19. The molecule has 0 heterocycles. The first-order chi connectivity index (χ1) is 10.5. The average Bonchev–Trinajstić information content (AvgIpc) is 2.48. The van der Waals surface area contributed by atoms with E-state index >= 15 is 0 Å². The number of benzene rings is 2. The van der Waals surface area contributed by atoms with Crippen LogP contribution in [0.3, 0.4) is 0 Å². The minimum absolute atomic E-state index is 0.0149. The van der Waals surface area contributed by atoms with E-state index < -0.39 is 0 Å². The van der Waals surface area contributed by atoms with Gasteiger partial charge in [0.25, 0.3) is 0 Å². The maximum Gasteiger partial charge on any atom is 0.234 e. The summed E-state index contributed by atoms with van der Waals surface area (Å²) >= 11 is 1.64. The first-order valence-electron chi connectivity index (χ1n) is 7.48. The van der Waals surface area contributed by atoms with E-state index in [4.69, 9.17) is 0 Å². The van der Waals surface area contributed by atoms with Crippen molar-refractivity contribution in [1.29, 1.82) is 0 Å². The third-order valence-corrected chi connectivity index (χ3v) is 4.36. The Balaban J connectivity index is 1.90. The highest BCUT2D eigenvalue weighted by Gasteiger charge is 2.18. The highest BCUT2D eigenvalue weighted by molar-refractivity contribution is 7.99. The molecule has 0 bridgehead atoms. The maximum absolute atomic E-state index is 12.1. The Labute approximate surface area is 137 Å². The molecule has 0 fully saturated rings. The van der Waals surface area contributed by atoms with E-state index in [1.807, 2.05) is 36.4 Å². The summed E-state index contributed by atoms with van der Waals surface area (Å²) in [7, 11) is 0. The smallest absolute Gasteiger partial charge is 0.234 e. The van der Waals surface area contributed by atoms with Crippen LogP contribution in [-0.4, -0.2) is 11.7 Å². The molecule has 3 heteroatoms. The predicted molar refractivity (Wildman–Crippen MR) is 96.4 cm³/mol. The van der Waals surface area contributed by atoms with Crippen molar-refractivity contribution >= 4 is 23.4 Å². The van der Waals surface area contributed by atoms with Gasteiger partial charge in [-0.3, -0.25) is 4.79 Å². The van der Waals surface area contributed by atoms with Crippen molar-refractivity contribution in [3.05, 3.63) is 65.7 Å². The molecular weight excluding hydrogens is 290 g/mol. The first-order valence-corrected chi connectivity index (χ1v) is 8.63. The van der Waals surface area contributed by atoms with Crippen LogP contribution in [-0.2, 0) is 16.0 Å². The number of carbonyl (C=O) groups is 1. The Morgan fingerprint density at radius 2 is 1.64 bits per heavy atom. The van der Waals surface area contributed by atoms with Crippen molar-refractivity contribution in [3.63, 3.8) is 0 Å². The Bertz CT molecular complexity index is 617. The number of anilines is 1. The van der Waals surface area contributed by atoms with Gasteiger partial charge in [-0.2, -0.15) is 0 Å². The van der Waals surface area contributed by atoms with Crippen molar-refractivity contribution < 1.29 is 4.79 Å². The number of thioether (sulfide) groups is 1. The fraction of sp³-hybridized carbons (Fsp3) is 0.316. The van der Waals surface area contributed by atoms with Crippen LogP contribution in [0.1, 0.15) is 31.9 Å². The van der Waals surface area contributed by atoms with Gasteiger partial charge in [-0.1, -0.05) is 69.3 Å². The molecule has 2 nitrogen and oxygen atoms in total. The second-order valence-electron chi connectivity index (χ2n) is 6.32. The van der Waals surface area contributed by atoms with Crippen LogP contribution in [0.4, 0.5) is 5.69 Å². The molecule has 2 rings (SSSR count). The molecule has 0 saturated carbocycles. The van der Waals surface area contributed by atoms with Gasteiger partial charge >= 0.3 is 0 Å². The molecule has 0 saturated heterocycles. The zero-order chi connectivity index (χ0) is 16.0. The fourth-order valence-electron chi connectivity index (χ4n) is 2.27. The Hall–Kier alpha value is -1.74. The summed E-state index contributed by atoms with van der Waals surface area (Å²) in [5.41, 5.74) is 3.34. The molecule has 2 aromatic carbocycles. The quantitative estimate of drug-likeness (QED) is 0.854. The van der Waals surface area contributed by atoms with Gasteiger partial charge in [0.05, 0.1) is 5.75 Å². The molecule has 0 radical (unpaired) electrons. The van der Waals surface area contributed by atoms with E-state index in [2.05, 4.69) is 44.3 Å². The largest absolute Gasteiger partial charge is 0.325 e. The summed E-state index contributed by atoms with van der Waals surface area (Å²) in [4.78, 5) is 12.1. The van der Waals surface area contributed by atoms with Crippen LogP contribution < -0.4 is 5.32 Å². The Morgan fingerprint density at radius 3 is 2.32 bits per heavy atom. The van der Waals surface area contributed by atoms with Crippen molar-refractivity contribution in [1.82, 2.24) is 0 Å². The van der Waals surface area contributed by atoms with Gasteiger partial charge in [0, 0.05) is 11.4 Å². The molecule has 22 heavy (non-hydrogen) atoms. The number of hydrogen-bond donors (Lipinski definition) is 1. The third kappa shape index (κ3) is 4.92. The number of carbonyl (C=O) groups excluding carboxylic acids is 1. The van der Waals surface area contributed by atoms with Gasteiger partial charge in [-0.05, 0) is 22.6 Å². The summed E-state index contributed by atoms with van der Waals surface area (Å²) in [5.74, 6) is 1.38. The molecule has 0 aliphatic rings. The predicted octanol–water partition coefficient (Wildman–Crippen LogP) is 4.86. The Kier molecular flexibility index (Phi) is 5.67. The van der Waals surface area contributed by atoms with Gasteiger partial charge in [-0.15, -0.1) is 11.8 Å². The van der Waals surface area contributed by atoms with Crippen molar-refractivity contribution in [2.45, 2.75) is 31.9 Å². The van der Waals surface area contributed by atoms with Crippen LogP contribution >= 0.6 is 11.8 Å². The van der Waals surface area contributed by atoms with Crippen LogP contribution in [0.2, 0.25) is 0 Å². The van der Waals surface area contributed by atoms with E-state index in [-0.39, 0.29) is 11.3 Å². The maximum atomic E-state index is 12.1. The van der Waals surface area contributed by atoms with Crippen molar-refractivity contribution in [2.75, 3.05) is 11.1 Å². The first kappa shape index (κ1) is 16.6. The highest BCUT2D eigenvalue weighted by atomic mass is 32.2. The molecule has 1 amide bonds. The van der Waals surface area contributed by atoms with Crippen LogP contribution in [0.15, 0.2) is 54.6 Å². The molecule has 0 aromatic heterocycles. The van der Waals surface area contributed by atoms with Gasteiger partial charge < -0.3 is 5.32 Å². The topological polar surface area (TPSA) is 29.1 Å². The van der Waals surface area contributed by atoms with Crippen molar-refractivity contribution in [3.8, 4) is 0 Å². The van der Waals surface area contributed by atoms with E-state index in [1.54, 1.807) is 11.8 Å². The molecule has 0 aliphatic carbocycles. The highest BCUT2D eigenvalue weighted by Crippen LogP contribution is 2.29. The standard InChI is InChI=1S/C19H23NOS/c1-19(2,3)16-11-7-8-12-17(16)20-18(21)14-22-13-15-9-5-4-6-10-15/h4-12H,13-14H2,1-3H3,(H,20,21). The summed E-state index contributed by atoms with van der Waals surface area (Å²) in [6, 6.07) is 18.2. The van der Waals surface area contributed by atoms with Gasteiger partial charge in [0.1, 0.15) is 0 Å². The lowest BCUT2D eigenvalue weighted by atomic mass is 9.86. The average molecular weight is 313 g/mol. The minimum Gasteiger partial charge on any atom is -0.325 e. The summed E-state index contributed by atoms with van der Waals surface area (Å²) < 4.78 is 0. The SMILES string of the molecule is CC(C)(C)c1ccccc1NC(=O)CSCc1ccccc1. The van der Waals surface area contributed by atoms with Gasteiger partial charge in [0.2, 0.25) is 5.91 Å². The molecule has 0 aliphatic heterocycles. The third-order valence-electron chi connectivity index (χ3n) is 3.35. The normalized spacial score (nSPS) is 11.2. The molecule has 0 spiro atoms. The summed E-state index contributed by atoms with van der Waals surface area (Å²) in [6.07, 6.45) is 0. The number of hydrogen-bond acceptors (Lipinski definition) is 2. The fourth-order valence-corrected chi connectivity index (χ4v) is 3.06. The second kappa shape index (κ2) is 7.50. The molecule has 0 unspecified atom stereocenters. The number of nitrogens with one attached hydrogen (secondary N) is 1.